The number of aromatic nitrogens is 1. The Bertz CT molecular complexity index is 670. The summed E-state index contributed by atoms with van der Waals surface area (Å²) in [5.41, 5.74) is 0.495. The molecule has 0 aliphatic heterocycles. The van der Waals surface area contributed by atoms with Crippen LogP contribution < -0.4 is 5.32 Å². The van der Waals surface area contributed by atoms with Crippen molar-refractivity contribution >= 4 is 28.2 Å². The van der Waals surface area contributed by atoms with Crippen LogP contribution in [0, 0.1) is 11.3 Å². The zero-order valence-corrected chi connectivity index (χ0v) is 10.3. The fourth-order valence-corrected chi connectivity index (χ4v) is 2.11. The average Bonchev–Trinajstić information content (AvgIpc) is 2.87. The number of aromatic carboxylic acids is 1. The number of hydrogen-bond donors (Lipinski definition) is 2. The number of rotatable bonds is 3. The number of hydrogen-bond acceptors (Lipinski definition) is 5. The molecule has 2 heterocycles. The molecule has 0 unspecified atom stereocenters. The van der Waals surface area contributed by atoms with Crippen LogP contribution in [-0.2, 0) is 0 Å². The summed E-state index contributed by atoms with van der Waals surface area (Å²) in [4.78, 5) is 26.6. The summed E-state index contributed by atoms with van der Waals surface area (Å²) in [6.45, 7) is 0. The van der Waals surface area contributed by atoms with Crippen molar-refractivity contribution in [2.24, 2.45) is 0 Å². The lowest BCUT2D eigenvalue weighted by atomic mass is 10.2. The SMILES string of the molecule is N#Cc1ccc(C(=O)Nc2sccc2C(=O)O)nc1. The first kappa shape index (κ1) is 12.7. The summed E-state index contributed by atoms with van der Waals surface area (Å²) in [5.74, 6) is -1.63. The lowest BCUT2D eigenvalue weighted by molar-refractivity contribution is 0.0698. The van der Waals surface area contributed by atoms with Gasteiger partial charge in [-0.2, -0.15) is 5.26 Å². The molecule has 2 rings (SSSR count). The Morgan fingerprint density at radius 3 is 2.74 bits per heavy atom. The maximum absolute atomic E-state index is 11.8. The molecular formula is C12H7N3O3S. The standard InChI is InChI=1S/C12H7N3O3S/c13-5-7-1-2-9(14-6-7)10(16)15-11-8(12(17)18)3-4-19-11/h1-4,6H,(H,15,16)(H,17,18). The van der Waals surface area contributed by atoms with Gasteiger partial charge in [-0.3, -0.25) is 4.79 Å². The van der Waals surface area contributed by atoms with Crippen molar-refractivity contribution < 1.29 is 14.7 Å². The van der Waals surface area contributed by atoms with Crippen molar-refractivity contribution in [1.82, 2.24) is 4.98 Å². The number of nitrogens with zero attached hydrogens (tertiary/aromatic N) is 2. The van der Waals surface area contributed by atoms with Crippen molar-refractivity contribution in [3.63, 3.8) is 0 Å². The van der Waals surface area contributed by atoms with Crippen LogP contribution in [0.15, 0.2) is 29.8 Å². The van der Waals surface area contributed by atoms with Crippen LogP contribution in [0.5, 0.6) is 0 Å². The van der Waals surface area contributed by atoms with Crippen molar-refractivity contribution in [2.45, 2.75) is 0 Å². The minimum absolute atomic E-state index is 0.0343. The Hall–Kier alpha value is -2.72. The largest absolute Gasteiger partial charge is 0.478 e. The van der Waals surface area contributed by atoms with E-state index in [0.29, 0.717) is 5.56 Å². The number of nitrogens with one attached hydrogen (secondary N) is 1. The second kappa shape index (κ2) is 5.29. The predicted octanol–water partition coefficient (Wildman–Crippen LogP) is 1.97. The topological polar surface area (TPSA) is 103 Å². The number of amides is 1. The molecule has 0 aromatic carbocycles. The van der Waals surface area contributed by atoms with Crippen LogP contribution in [0.3, 0.4) is 0 Å². The summed E-state index contributed by atoms with van der Waals surface area (Å²) < 4.78 is 0. The monoisotopic (exact) mass is 273 g/mol. The molecule has 2 N–H and O–H groups in total. The minimum Gasteiger partial charge on any atom is -0.478 e. The highest BCUT2D eigenvalue weighted by Gasteiger charge is 2.15. The zero-order chi connectivity index (χ0) is 13.8. The summed E-state index contributed by atoms with van der Waals surface area (Å²) in [7, 11) is 0. The number of thiophene rings is 1. The van der Waals surface area contributed by atoms with Gasteiger partial charge >= 0.3 is 5.97 Å². The highest BCUT2D eigenvalue weighted by molar-refractivity contribution is 7.14. The van der Waals surface area contributed by atoms with E-state index in [4.69, 9.17) is 10.4 Å². The van der Waals surface area contributed by atoms with E-state index in [-0.39, 0.29) is 16.3 Å². The van der Waals surface area contributed by atoms with E-state index < -0.39 is 11.9 Å². The molecule has 1 amide bonds. The third-order valence-electron chi connectivity index (χ3n) is 2.25. The van der Waals surface area contributed by atoms with Crippen molar-refractivity contribution in [1.29, 1.82) is 5.26 Å². The maximum Gasteiger partial charge on any atom is 0.338 e. The highest BCUT2D eigenvalue weighted by Crippen LogP contribution is 2.23. The fraction of sp³-hybridized carbons (Fsp3) is 0. The Balaban J connectivity index is 2.19. The van der Waals surface area contributed by atoms with Gasteiger partial charge in [0.2, 0.25) is 0 Å². The molecule has 0 saturated carbocycles. The van der Waals surface area contributed by atoms with Crippen LogP contribution in [0.1, 0.15) is 26.4 Å². The van der Waals surface area contributed by atoms with Gasteiger partial charge in [-0.15, -0.1) is 11.3 Å². The van der Waals surface area contributed by atoms with Crippen LogP contribution in [0.25, 0.3) is 0 Å². The van der Waals surface area contributed by atoms with Gasteiger partial charge in [-0.1, -0.05) is 0 Å². The Kier molecular flexibility index (Phi) is 3.54. The summed E-state index contributed by atoms with van der Waals surface area (Å²) in [5, 5.41) is 21.8. The van der Waals surface area contributed by atoms with Gasteiger partial charge < -0.3 is 10.4 Å². The Labute approximate surface area is 112 Å². The summed E-state index contributed by atoms with van der Waals surface area (Å²) in [6.07, 6.45) is 1.28. The fourth-order valence-electron chi connectivity index (χ4n) is 1.34. The molecule has 0 saturated heterocycles. The number of carboxylic acid groups (broad SMARTS) is 1. The van der Waals surface area contributed by atoms with Gasteiger partial charge in [0.05, 0.1) is 11.1 Å². The lowest BCUT2D eigenvalue weighted by Crippen LogP contribution is -2.14. The third-order valence-corrected chi connectivity index (χ3v) is 3.08. The van der Waals surface area contributed by atoms with E-state index in [0.717, 1.165) is 11.3 Å². The number of pyridine rings is 1. The van der Waals surface area contributed by atoms with Gasteiger partial charge in [-0.25, -0.2) is 9.78 Å². The lowest BCUT2D eigenvalue weighted by Gasteiger charge is -2.03. The van der Waals surface area contributed by atoms with Gasteiger partial charge in [0.1, 0.15) is 16.8 Å². The molecule has 6 nitrogen and oxygen atoms in total. The molecule has 2 aromatic rings. The highest BCUT2D eigenvalue weighted by atomic mass is 32.1. The zero-order valence-electron chi connectivity index (χ0n) is 9.45. The van der Waals surface area contributed by atoms with Crippen molar-refractivity contribution in [3.8, 4) is 6.07 Å². The van der Waals surface area contributed by atoms with Gasteiger partial charge in [0.15, 0.2) is 0 Å². The molecule has 0 fully saturated rings. The average molecular weight is 273 g/mol. The van der Waals surface area contributed by atoms with E-state index in [9.17, 15) is 9.59 Å². The molecule has 19 heavy (non-hydrogen) atoms. The van der Waals surface area contributed by atoms with Crippen molar-refractivity contribution in [3.05, 3.63) is 46.6 Å². The molecule has 0 atom stereocenters. The first-order valence-electron chi connectivity index (χ1n) is 5.10. The Morgan fingerprint density at radius 2 is 2.16 bits per heavy atom. The number of anilines is 1. The van der Waals surface area contributed by atoms with E-state index in [1.54, 1.807) is 5.38 Å². The Morgan fingerprint density at radius 1 is 1.37 bits per heavy atom. The van der Waals surface area contributed by atoms with Gasteiger partial charge in [0.25, 0.3) is 5.91 Å². The predicted molar refractivity (Wildman–Crippen MR) is 68.2 cm³/mol. The molecule has 7 heteroatoms. The second-order valence-corrected chi connectivity index (χ2v) is 4.38. The number of carboxylic acids is 1. The van der Waals surface area contributed by atoms with Crippen molar-refractivity contribution in [2.75, 3.05) is 5.32 Å². The van der Waals surface area contributed by atoms with E-state index in [1.807, 2.05) is 6.07 Å². The smallest absolute Gasteiger partial charge is 0.338 e. The van der Waals surface area contributed by atoms with E-state index in [2.05, 4.69) is 10.3 Å². The van der Waals surface area contributed by atoms with Gasteiger partial charge in [0, 0.05) is 6.20 Å². The maximum atomic E-state index is 11.8. The molecular weight excluding hydrogens is 266 g/mol. The molecule has 0 aliphatic rings. The first-order chi connectivity index (χ1) is 9.11. The van der Waals surface area contributed by atoms with Gasteiger partial charge in [-0.05, 0) is 23.6 Å². The van der Waals surface area contributed by atoms with E-state index in [1.165, 1.54) is 24.4 Å². The molecule has 0 aliphatic carbocycles. The quantitative estimate of drug-likeness (QED) is 0.889. The molecule has 0 bridgehead atoms. The number of carbonyl (C=O) groups excluding carboxylic acids is 1. The van der Waals surface area contributed by atoms with Crippen LogP contribution in [0.4, 0.5) is 5.00 Å². The van der Waals surface area contributed by atoms with Crippen LogP contribution >= 0.6 is 11.3 Å². The van der Waals surface area contributed by atoms with Crippen LogP contribution in [0.2, 0.25) is 0 Å². The van der Waals surface area contributed by atoms with E-state index >= 15 is 0 Å². The summed E-state index contributed by atoms with van der Waals surface area (Å²) in [6, 6.07) is 6.18. The van der Waals surface area contributed by atoms with Crippen LogP contribution in [-0.4, -0.2) is 22.0 Å². The second-order valence-electron chi connectivity index (χ2n) is 3.47. The molecule has 0 radical (unpaired) electrons. The molecule has 94 valence electrons. The number of carbonyl (C=O) groups is 2. The number of nitriles is 1. The third kappa shape index (κ3) is 2.75. The molecule has 0 spiro atoms. The molecule has 2 aromatic heterocycles. The minimum atomic E-state index is -1.11. The first-order valence-corrected chi connectivity index (χ1v) is 5.98. The normalized spacial score (nSPS) is 9.63. The summed E-state index contributed by atoms with van der Waals surface area (Å²) >= 11 is 1.12.